The SMILES string of the molecule is CC(O)CC(C)(C)CNC(=O)NCc1noc(C(C)(C)C)n1. The minimum atomic E-state index is -0.394. The number of nitrogens with zero attached hydrogens (tertiary/aromatic N) is 2. The van der Waals surface area contributed by atoms with Gasteiger partial charge in [0.15, 0.2) is 5.82 Å². The number of nitrogens with one attached hydrogen (secondary N) is 2. The van der Waals surface area contributed by atoms with Crippen LogP contribution < -0.4 is 10.6 Å². The van der Waals surface area contributed by atoms with Gasteiger partial charge in [-0.3, -0.25) is 0 Å². The van der Waals surface area contributed by atoms with Crippen molar-refractivity contribution in [2.45, 2.75) is 66.0 Å². The Kier molecular flexibility index (Phi) is 5.93. The van der Waals surface area contributed by atoms with Crippen LogP contribution in [-0.4, -0.2) is 33.9 Å². The Morgan fingerprint density at radius 3 is 2.41 bits per heavy atom. The van der Waals surface area contributed by atoms with Gasteiger partial charge >= 0.3 is 6.03 Å². The van der Waals surface area contributed by atoms with Crippen molar-refractivity contribution in [3.8, 4) is 0 Å². The van der Waals surface area contributed by atoms with Crippen LogP contribution >= 0.6 is 0 Å². The quantitative estimate of drug-likeness (QED) is 0.745. The fraction of sp³-hybridized carbons (Fsp3) is 0.800. The molecule has 7 nitrogen and oxygen atoms in total. The third kappa shape index (κ3) is 6.43. The number of aliphatic hydroxyl groups excluding tert-OH is 1. The van der Waals surface area contributed by atoms with E-state index in [9.17, 15) is 9.90 Å². The maximum atomic E-state index is 11.8. The molecule has 1 aromatic heterocycles. The van der Waals surface area contributed by atoms with E-state index in [4.69, 9.17) is 4.52 Å². The molecule has 2 amide bonds. The van der Waals surface area contributed by atoms with E-state index in [-0.39, 0.29) is 23.4 Å². The summed E-state index contributed by atoms with van der Waals surface area (Å²) in [5.41, 5.74) is -0.379. The predicted octanol–water partition coefficient (Wildman–Crippen LogP) is 1.96. The number of aromatic nitrogens is 2. The first kappa shape index (κ1) is 18.4. The zero-order valence-corrected chi connectivity index (χ0v) is 14.4. The lowest BCUT2D eigenvalue weighted by atomic mass is 9.87. The smallest absolute Gasteiger partial charge is 0.315 e. The Labute approximate surface area is 131 Å². The van der Waals surface area contributed by atoms with Crippen molar-refractivity contribution in [3.63, 3.8) is 0 Å². The fourth-order valence-corrected chi connectivity index (χ4v) is 2.04. The molecule has 0 radical (unpaired) electrons. The van der Waals surface area contributed by atoms with E-state index in [2.05, 4.69) is 20.8 Å². The molecule has 0 aliphatic carbocycles. The molecule has 1 unspecified atom stereocenters. The minimum absolute atomic E-state index is 0.170. The molecule has 7 heteroatoms. The highest BCUT2D eigenvalue weighted by molar-refractivity contribution is 5.73. The second-order valence-corrected chi connectivity index (χ2v) is 7.52. The van der Waals surface area contributed by atoms with E-state index in [0.29, 0.717) is 24.7 Å². The van der Waals surface area contributed by atoms with E-state index < -0.39 is 6.10 Å². The maximum absolute atomic E-state index is 11.8. The van der Waals surface area contributed by atoms with Crippen LogP contribution in [-0.2, 0) is 12.0 Å². The third-order valence-corrected chi connectivity index (χ3v) is 3.09. The molecular weight excluding hydrogens is 284 g/mol. The topological polar surface area (TPSA) is 100 Å². The molecule has 0 saturated carbocycles. The molecule has 0 aliphatic heterocycles. The van der Waals surface area contributed by atoms with Gasteiger partial charge in [0, 0.05) is 12.0 Å². The van der Waals surface area contributed by atoms with Crippen LogP contribution in [0, 0.1) is 5.41 Å². The summed E-state index contributed by atoms with van der Waals surface area (Å²) in [5.74, 6) is 0.992. The Bertz CT molecular complexity index is 489. The highest BCUT2D eigenvalue weighted by atomic mass is 16.5. The summed E-state index contributed by atoms with van der Waals surface area (Å²) in [6, 6.07) is -0.291. The van der Waals surface area contributed by atoms with Gasteiger partial charge < -0.3 is 20.3 Å². The van der Waals surface area contributed by atoms with Gasteiger partial charge in [0.1, 0.15) is 0 Å². The van der Waals surface area contributed by atoms with Crippen LogP contribution in [0.15, 0.2) is 4.52 Å². The Balaban J connectivity index is 2.39. The molecular formula is C15H28N4O3. The van der Waals surface area contributed by atoms with Crippen molar-refractivity contribution in [1.82, 2.24) is 20.8 Å². The van der Waals surface area contributed by atoms with Crippen LogP contribution in [0.25, 0.3) is 0 Å². The van der Waals surface area contributed by atoms with Gasteiger partial charge in [0.25, 0.3) is 0 Å². The van der Waals surface area contributed by atoms with Crippen molar-refractivity contribution in [3.05, 3.63) is 11.7 Å². The molecule has 0 fully saturated rings. The molecule has 0 aliphatic rings. The summed E-state index contributed by atoms with van der Waals surface area (Å²) in [7, 11) is 0. The average Bonchev–Trinajstić information content (AvgIpc) is 2.81. The summed E-state index contributed by atoms with van der Waals surface area (Å²) >= 11 is 0. The van der Waals surface area contributed by atoms with Gasteiger partial charge in [0.2, 0.25) is 5.89 Å². The first-order valence-corrected chi connectivity index (χ1v) is 7.52. The van der Waals surface area contributed by atoms with Crippen LogP contribution in [0.2, 0.25) is 0 Å². The summed E-state index contributed by atoms with van der Waals surface area (Å²) < 4.78 is 5.16. The first-order valence-electron chi connectivity index (χ1n) is 7.52. The number of carbonyl (C=O) groups excluding carboxylic acids is 1. The second-order valence-electron chi connectivity index (χ2n) is 7.52. The molecule has 1 heterocycles. The molecule has 0 aromatic carbocycles. The summed E-state index contributed by atoms with van der Waals surface area (Å²) in [4.78, 5) is 16.0. The summed E-state index contributed by atoms with van der Waals surface area (Å²) in [6.07, 6.45) is 0.225. The van der Waals surface area contributed by atoms with Crippen LogP contribution in [0.1, 0.15) is 59.7 Å². The maximum Gasteiger partial charge on any atom is 0.315 e. The minimum Gasteiger partial charge on any atom is -0.393 e. The highest BCUT2D eigenvalue weighted by Crippen LogP contribution is 2.21. The van der Waals surface area contributed by atoms with Crippen molar-refractivity contribution in [1.29, 1.82) is 0 Å². The molecule has 22 heavy (non-hydrogen) atoms. The van der Waals surface area contributed by atoms with Crippen molar-refractivity contribution >= 4 is 6.03 Å². The van der Waals surface area contributed by atoms with Crippen molar-refractivity contribution in [2.24, 2.45) is 5.41 Å². The van der Waals surface area contributed by atoms with Crippen molar-refractivity contribution < 1.29 is 14.4 Å². The average molecular weight is 312 g/mol. The molecule has 1 atom stereocenters. The summed E-state index contributed by atoms with van der Waals surface area (Å²) in [6.45, 7) is 12.4. The number of aliphatic hydroxyl groups is 1. The van der Waals surface area contributed by atoms with Gasteiger partial charge in [-0.1, -0.05) is 39.8 Å². The van der Waals surface area contributed by atoms with Crippen LogP contribution in [0.4, 0.5) is 4.79 Å². The van der Waals surface area contributed by atoms with Crippen LogP contribution in [0.3, 0.4) is 0 Å². The van der Waals surface area contributed by atoms with Gasteiger partial charge in [-0.2, -0.15) is 4.98 Å². The molecule has 0 saturated heterocycles. The Hall–Kier alpha value is -1.63. The van der Waals surface area contributed by atoms with Crippen LogP contribution in [0.5, 0.6) is 0 Å². The number of hydrogen-bond donors (Lipinski definition) is 3. The molecule has 0 bridgehead atoms. The Morgan fingerprint density at radius 1 is 1.27 bits per heavy atom. The Morgan fingerprint density at radius 2 is 1.91 bits per heavy atom. The monoisotopic (exact) mass is 312 g/mol. The van der Waals surface area contributed by atoms with Gasteiger partial charge in [-0.25, -0.2) is 4.79 Å². The lowest BCUT2D eigenvalue weighted by molar-refractivity contribution is 0.129. The molecule has 1 aromatic rings. The molecule has 0 spiro atoms. The number of hydrogen-bond acceptors (Lipinski definition) is 5. The van der Waals surface area contributed by atoms with E-state index >= 15 is 0 Å². The largest absolute Gasteiger partial charge is 0.393 e. The normalized spacial score (nSPS) is 13.8. The van der Waals surface area contributed by atoms with Gasteiger partial charge in [0.05, 0.1) is 12.6 Å². The van der Waals surface area contributed by atoms with E-state index in [1.807, 2.05) is 34.6 Å². The highest BCUT2D eigenvalue weighted by Gasteiger charge is 2.23. The summed E-state index contributed by atoms with van der Waals surface area (Å²) in [5, 5.41) is 18.7. The number of urea groups is 1. The zero-order chi connectivity index (χ0) is 17.0. The number of carbonyl (C=O) groups is 1. The lowest BCUT2D eigenvalue weighted by Gasteiger charge is -2.26. The van der Waals surface area contributed by atoms with E-state index in [1.165, 1.54) is 0 Å². The van der Waals surface area contributed by atoms with Gasteiger partial charge in [-0.05, 0) is 18.8 Å². The lowest BCUT2D eigenvalue weighted by Crippen LogP contribution is -2.41. The zero-order valence-electron chi connectivity index (χ0n) is 14.4. The standard InChI is InChI=1S/C15H28N4O3/c1-10(20)7-15(5,6)9-17-13(21)16-8-11-18-12(22-19-11)14(2,3)4/h10,20H,7-9H2,1-6H3,(H2,16,17,21). The molecule has 1 rings (SSSR count). The predicted molar refractivity (Wildman–Crippen MR) is 83.3 cm³/mol. The second kappa shape index (κ2) is 7.09. The number of amides is 2. The fourth-order valence-electron chi connectivity index (χ4n) is 2.04. The van der Waals surface area contributed by atoms with Crippen molar-refractivity contribution in [2.75, 3.05) is 6.54 Å². The third-order valence-electron chi connectivity index (χ3n) is 3.09. The van der Waals surface area contributed by atoms with Gasteiger partial charge in [-0.15, -0.1) is 0 Å². The number of rotatable bonds is 6. The molecule has 126 valence electrons. The van der Waals surface area contributed by atoms with E-state index in [0.717, 1.165) is 0 Å². The molecule has 3 N–H and O–H groups in total. The first-order chi connectivity index (χ1) is 9.99. The van der Waals surface area contributed by atoms with E-state index in [1.54, 1.807) is 6.92 Å².